The number of aromatic hydroxyl groups is 1. The van der Waals surface area contributed by atoms with Gasteiger partial charge in [0.25, 0.3) is 5.91 Å². The lowest BCUT2D eigenvalue weighted by Gasteiger charge is -2.11. The highest BCUT2D eigenvalue weighted by Gasteiger charge is 2.34. The Hall–Kier alpha value is -3.36. The molecule has 2 aromatic carbocycles. The molecule has 0 saturated heterocycles. The number of hydrogen-bond donors (Lipinski definition) is 2. The molecule has 0 atom stereocenters. The fourth-order valence-corrected chi connectivity index (χ4v) is 2.29. The molecule has 1 aromatic heterocycles. The normalized spacial score (nSPS) is 11.3. The molecule has 6 nitrogen and oxygen atoms in total. The van der Waals surface area contributed by atoms with Crippen molar-refractivity contribution in [1.29, 1.82) is 0 Å². The number of carbonyl (C=O) groups is 1. The van der Waals surface area contributed by atoms with Gasteiger partial charge in [-0.1, -0.05) is 29.5 Å². The fourth-order valence-electron chi connectivity index (χ4n) is 2.29. The van der Waals surface area contributed by atoms with Crippen LogP contribution in [0.3, 0.4) is 0 Å². The van der Waals surface area contributed by atoms with Gasteiger partial charge >= 0.3 is 6.18 Å². The Morgan fingerprint density at radius 3 is 2.50 bits per heavy atom. The van der Waals surface area contributed by atoms with Crippen LogP contribution in [0.2, 0.25) is 0 Å². The van der Waals surface area contributed by atoms with Gasteiger partial charge in [0.05, 0.1) is 17.4 Å². The van der Waals surface area contributed by atoms with Gasteiger partial charge in [0.1, 0.15) is 5.75 Å². The van der Waals surface area contributed by atoms with Crippen LogP contribution in [0.4, 0.5) is 13.2 Å². The second-order valence-electron chi connectivity index (χ2n) is 5.41. The molecular weight excluding hydrogens is 349 g/mol. The van der Waals surface area contributed by atoms with E-state index in [1.54, 1.807) is 12.1 Å². The first kappa shape index (κ1) is 17.5. The number of phenols is 1. The Balaban J connectivity index is 1.76. The minimum Gasteiger partial charge on any atom is -0.508 e. The maximum Gasteiger partial charge on any atom is 0.418 e. The molecule has 3 aromatic rings. The number of nitrogens with zero attached hydrogens (tertiary/aromatic N) is 3. The van der Waals surface area contributed by atoms with Gasteiger partial charge in [-0.2, -0.15) is 13.2 Å². The summed E-state index contributed by atoms with van der Waals surface area (Å²) in [5, 5.41) is 19.1. The zero-order chi connectivity index (χ0) is 18.7. The molecule has 0 saturated carbocycles. The number of para-hydroxylation sites is 1. The third kappa shape index (κ3) is 3.82. The van der Waals surface area contributed by atoms with Gasteiger partial charge in [-0.05, 0) is 29.8 Å². The highest BCUT2D eigenvalue weighted by atomic mass is 19.4. The van der Waals surface area contributed by atoms with Gasteiger partial charge in [0.2, 0.25) is 0 Å². The molecule has 1 heterocycles. The first-order valence-electron chi connectivity index (χ1n) is 7.49. The zero-order valence-electron chi connectivity index (χ0n) is 13.2. The molecule has 0 spiro atoms. The summed E-state index contributed by atoms with van der Waals surface area (Å²) in [5.41, 5.74) is -0.460. The van der Waals surface area contributed by atoms with Crippen LogP contribution in [-0.4, -0.2) is 26.0 Å². The molecule has 9 heteroatoms. The van der Waals surface area contributed by atoms with Crippen molar-refractivity contribution in [3.63, 3.8) is 0 Å². The van der Waals surface area contributed by atoms with Crippen LogP contribution in [-0.2, 0) is 12.7 Å². The van der Waals surface area contributed by atoms with Gasteiger partial charge in [0, 0.05) is 6.54 Å². The molecule has 0 aliphatic heterocycles. The van der Waals surface area contributed by atoms with E-state index in [2.05, 4.69) is 15.6 Å². The summed E-state index contributed by atoms with van der Waals surface area (Å²) in [6.45, 7) is 0.172. The standard InChI is InChI=1S/C17H13F3N4O2/c18-17(19,20)13-3-1-2-4-15(13)24-10-14(22-23-24)16(26)21-9-11-5-7-12(25)8-6-11/h1-8,10,25H,9H2,(H,21,26). The lowest BCUT2D eigenvalue weighted by Crippen LogP contribution is -2.23. The minimum absolute atomic E-state index is 0.103. The summed E-state index contributed by atoms with van der Waals surface area (Å²) < 4.78 is 40.1. The molecule has 0 radical (unpaired) electrons. The van der Waals surface area contributed by atoms with Crippen LogP contribution in [0, 0.1) is 0 Å². The first-order valence-corrected chi connectivity index (χ1v) is 7.49. The minimum atomic E-state index is -4.55. The Morgan fingerprint density at radius 1 is 1.12 bits per heavy atom. The highest BCUT2D eigenvalue weighted by molar-refractivity contribution is 5.91. The van der Waals surface area contributed by atoms with Crippen molar-refractivity contribution >= 4 is 5.91 Å². The van der Waals surface area contributed by atoms with Crippen molar-refractivity contribution in [1.82, 2.24) is 20.3 Å². The zero-order valence-corrected chi connectivity index (χ0v) is 13.2. The van der Waals surface area contributed by atoms with Gasteiger partial charge in [-0.25, -0.2) is 4.68 Å². The largest absolute Gasteiger partial charge is 0.508 e. The van der Waals surface area contributed by atoms with E-state index in [9.17, 15) is 23.1 Å². The highest BCUT2D eigenvalue weighted by Crippen LogP contribution is 2.33. The summed E-state index contributed by atoms with van der Waals surface area (Å²) in [5.74, 6) is -0.472. The van der Waals surface area contributed by atoms with E-state index in [4.69, 9.17) is 0 Å². The van der Waals surface area contributed by atoms with Crippen molar-refractivity contribution in [2.24, 2.45) is 0 Å². The molecule has 2 N–H and O–H groups in total. The predicted octanol–water partition coefficient (Wildman–Crippen LogP) is 2.92. The third-order valence-corrected chi connectivity index (χ3v) is 3.57. The van der Waals surface area contributed by atoms with E-state index < -0.39 is 17.6 Å². The second-order valence-corrected chi connectivity index (χ2v) is 5.41. The number of halogens is 3. The van der Waals surface area contributed by atoms with E-state index in [1.807, 2.05) is 0 Å². The first-order chi connectivity index (χ1) is 12.3. The summed E-state index contributed by atoms with van der Waals surface area (Å²) in [6, 6.07) is 11.1. The maximum atomic E-state index is 13.1. The van der Waals surface area contributed by atoms with Crippen LogP contribution >= 0.6 is 0 Å². The van der Waals surface area contributed by atoms with Gasteiger partial charge in [-0.3, -0.25) is 4.79 Å². The Morgan fingerprint density at radius 2 is 1.81 bits per heavy atom. The third-order valence-electron chi connectivity index (χ3n) is 3.57. The molecule has 1 amide bonds. The Kier molecular flexibility index (Phi) is 4.61. The number of benzene rings is 2. The van der Waals surface area contributed by atoms with Gasteiger partial charge in [0.15, 0.2) is 5.69 Å². The number of phenolic OH excluding ortho intramolecular Hbond substituents is 1. The summed E-state index contributed by atoms with van der Waals surface area (Å²) in [6.07, 6.45) is -3.42. The number of hydrogen-bond acceptors (Lipinski definition) is 4. The average Bonchev–Trinajstić information content (AvgIpc) is 3.10. The van der Waals surface area contributed by atoms with Crippen LogP contribution < -0.4 is 5.32 Å². The number of amides is 1. The monoisotopic (exact) mass is 362 g/mol. The average molecular weight is 362 g/mol. The molecule has 134 valence electrons. The molecule has 3 rings (SSSR count). The molecule has 0 unspecified atom stereocenters. The predicted molar refractivity (Wildman–Crippen MR) is 85.6 cm³/mol. The molecular formula is C17H13F3N4O2. The quantitative estimate of drug-likeness (QED) is 0.748. The Bertz CT molecular complexity index is 920. The second kappa shape index (κ2) is 6.87. The lowest BCUT2D eigenvalue weighted by molar-refractivity contribution is -0.137. The maximum absolute atomic E-state index is 13.1. The van der Waals surface area contributed by atoms with E-state index in [1.165, 1.54) is 30.3 Å². The number of nitrogens with one attached hydrogen (secondary N) is 1. The smallest absolute Gasteiger partial charge is 0.418 e. The number of rotatable bonds is 4. The number of aromatic nitrogens is 3. The van der Waals surface area contributed by atoms with E-state index in [0.29, 0.717) is 0 Å². The molecule has 0 bridgehead atoms. The summed E-state index contributed by atoms with van der Waals surface area (Å²) in [7, 11) is 0. The number of alkyl halides is 3. The van der Waals surface area contributed by atoms with Gasteiger partial charge in [-0.15, -0.1) is 5.10 Å². The van der Waals surface area contributed by atoms with Crippen LogP contribution in [0.1, 0.15) is 21.6 Å². The lowest BCUT2D eigenvalue weighted by atomic mass is 10.1. The number of carbonyl (C=O) groups excluding carboxylic acids is 1. The van der Waals surface area contributed by atoms with Crippen LogP contribution in [0.5, 0.6) is 5.75 Å². The van der Waals surface area contributed by atoms with E-state index in [-0.39, 0.29) is 23.7 Å². The van der Waals surface area contributed by atoms with Crippen molar-refractivity contribution in [2.75, 3.05) is 0 Å². The Labute approximate surface area is 145 Å². The SMILES string of the molecule is O=C(NCc1ccc(O)cc1)c1cn(-c2ccccc2C(F)(F)F)nn1. The van der Waals surface area contributed by atoms with Crippen molar-refractivity contribution in [3.8, 4) is 11.4 Å². The van der Waals surface area contributed by atoms with Crippen molar-refractivity contribution in [2.45, 2.75) is 12.7 Å². The summed E-state index contributed by atoms with van der Waals surface area (Å²) in [4.78, 5) is 12.1. The van der Waals surface area contributed by atoms with Crippen LogP contribution in [0.25, 0.3) is 5.69 Å². The molecule has 0 aliphatic rings. The fraction of sp³-hybridized carbons (Fsp3) is 0.118. The van der Waals surface area contributed by atoms with E-state index >= 15 is 0 Å². The molecule has 0 fully saturated rings. The molecule has 0 aliphatic carbocycles. The van der Waals surface area contributed by atoms with E-state index in [0.717, 1.165) is 22.5 Å². The topological polar surface area (TPSA) is 80.0 Å². The van der Waals surface area contributed by atoms with Crippen LogP contribution in [0.15, 0.2) is 54.7 Å². The molecule has 26 heavy (non-hydrogen) atoms. The van der Waals surface area contributed by atoms with Crippen molar-refractivity contribution < 1.29 is 23.1 Å². The van der Waals surface area contributed by atoms with Gasteiger partial charge < -0.3 is 10.4 Å². The van der Waals surface area contributed by atoms with Crippen molar-refractivity contribution in [3.05, 3.63) is 71.5 Å². The summed E-state index contributed by atoms with van der Waals surface area (Å²) >= 11 is 0.